The summed E-state index contributed by atoms with van der Waals surface area (Å²) >= 11 is 0. The van der Waals surface area contributed by atoms with Crippen molar-refractivity contribution in [3.63, 3.8) is 0 Å². The van der Waals surface area contributed by atoms with Gasteiger partial charge in [0.05, 0.1) is 0 Å². The minimum atomic E-state index is 0. The molecule has 0 heterocycles. The van der Waals surface area contributed by atoms with Crippen LogP contribution in [-0.2, 0) is 26.2 Å². The first kappa shape index (κ1) is 40.4. The summed E-state index contributed by atoms with van der Waals surface area (Å²) in [5.41, 5.74) is 7.43. The van der Waals surface area contributed by atoms with E-state index in [1.807, 2.05) is 13.8 Å². The van der Waals surface area contributed by atoms with Crippen molar-refractivity contribution in [3.8, 4) is 0 Å². The van der Waals surface area contributed by atoms with Gasteiger partial charge in [-0.1, -0.05) is 136 Å². The van der Waals surface area contributed by atoms with Crippen LogP contribution in [0.4, 0.5) is 11.4 Å². The number of nitrogens with zero attached hydrogens (tertiary/aromatic N) is 4. The summed E-state index contributed by atoms with van der Waals surface area (Å²) in [6.45, 7) is 23.5. The third-order valence-electron chi connectivity index (χ3n) is 6.73. The molecule has 0 fully saturated rings. The third kappa shape index (κ3) is 12.4. The fraction of sp³-hybridized carbons (Fsp3) is 0.543. The van der Waals surface area contributed by atoms with Crippen LogP contribution < -0.4 is 0 Å². The number of unbranched alkanes of at least 4 members (excludes halogenated alkanes) is 2. The molecule has 2 rings (SSSR count). The number of aliphatic imine (C=N–C) groups is 2. The average molecular weight is 624 g/mol. The van der Waals surface area contributed by atoms with Crippen LogP contribution in [0.5, 0.6) is 0 Å². The molecule has 5 heteroatoms. The molecule has 0 aromatic heterocycles. The van der Waals surface area contributed by atoms with E-state index in [2.05, 4.69) is 91.8 Å². The van der Waals surface area contributed by atoms with Crippen LogP contribution in [-0.4, -0.2) is 24.8 Å². The Morgan fingerprint density at radius 3 is 1.07 bits per heavy atom. The van der Waals surface area contributed by atoms with E-state index in [0.717, 1.165) is 55.4 Å². The first-order valence-electron chi connectivity index (χ1n) is 14.2. The van der Waals surface area contributed by atoms with Gasteiger partial charge in [0.1, 0.15) is 0 Å². The van der Waals surface area contributed by atoms with E-state index < -0.39 is 0 Å². The Morgan fingerprint density at radius 2 is 0.825 bits per heavy atom. The molecule has 0 spiro atoms. The van der Waals surface area contributed by atoms with Crippen molar-refractivity contribution in [2.45, 2.75) is 112 Å². The SMILES string of the molecule is CC(=Nc1c(C(C)C)cccc1C(C)C)[N-]CCCCC[N-]C(C)=Nc1c(C(C)C)cccc1C(C)C.[CH3-].[CH3-].[Zr+4]. The molecule has 40 heavy (non-hydrogen) atoms. The summed E-state index contributed by atoms with van der Waals surface area (Å²) in [6, 6.07) is 13.1. The topological polar surface area (TPSA) is 52.9 Å². The van der Waals surface area contributed by atoms with Crippen LogP contribution >= 0.6 is 0 Å². The minimum absolute atomic E-state index is 0. The molecule has 0 saturated carbocycles. The maximum absolute atomic E-state index is 4.95. The predicted octanol–water partition coefficient (Wildman–Crippen LogP) is 11.8. The Morgan fingerprint density at radius 1 is 0.550 bits per heavy atom. The molecule has 4 nitrogen and oxygen atoms in total. The zero-order chi connectivity index (χ0) is 27.5. The fourth-order valence-corrected chi connectivity index (χ4v) is 4.56. The normalized spacial score (nSPS) is 11.8. The van der Waals surface area contributed by atoms with E-state index in [1.165, 1.54) is 22.3 Å². The number of amidine groups is 2. The Bertz CT molecular complexity index is 915. The summed E-state index contributed by atoms with van der Waals surface area (Å²) in [5, 5.41) is 9.51. The molecule has 0 unspecified atom stereocenters. The largest absolute Gasteiger partial charge is 4.00 e. The van der Waals surface area contributed by atoms with Gasteiger partial charge in [0, 0.05) is 0 Å². The van der Waals surface area contributed by atoms with Gasteiger partial charge in [-0.25, -0.2) is 0 Å². The second-order valence-electron chi connectivity index (χ2n) is 11.3. The maximum atomic E-state index is 4.95. The molecule has 2 aromatic rings. The van der Waals surface area contributed by atoms with Gasteiger partial charge < -0.3 is 35.5 Å². The second kappa shape index (κ2) is 20.2. The van der Waals surface area contributed by atoms with Crippen LogP contribution in [0.1, 0.15) is 134 Å². The molecule has 0 bridgehead atoms. The Balaban J connectivity index is 0. The van der Waals surface area contributed by atoms with Gasteiger partial charge in [-0.2, -0.15) is 0 Å². The van der Waals surface area contributed by atoms with E-state index >= 15 is 0 Å². The minimum Gasteiger partial charge on any atom is -0.469 e. The first-order chi connectivity index (χ1) is 17.5. The summed E-state index contributed by atoms with van der Waals surface area (Å²) in [6.07, 6.45) is 3.21. The standard InChI is InChI=1S/C33H50N4.2CH3.Zr/c1-22(2)28-16-14-17-29(23(3)4)32(28)36-26(9)34-20-12-11-13-21-35-27(10)37-33-30(24(5)6)18-15-19-31(33)25(7)8;;;/h14-19,22-25H,11-13,20-21H2,1-10H3;2*1H3;/q-2;2*-1;+4. The molecule has 0 atom stereocenters. The maximum Gasteiger partial charge on any atom is 4.00 e. The third-order valence-corrected chi connectivity index (χ3v) is 6.73. The van der Waals surface area contributed by atoms with E-state index in [-0.39, 0.29) is 41.1 Å². The quantitative estimate of drug-likeness (QED) is 0.0977. The van der Waals surface area contributed by atoms with Crippen LogP contribution in [0, 0.1) is 14.9 Å². The number of rotatable bonds is 12. The Hall–Kier alpha value is -1.74. The molecule has 0 N–H and O–H groups in total. The van der Waals surface area contributed by atoms with Gasteiger partial charge in [0.2, 0.25) is 0 Å². The van der Waals surface area contributed by atoms with Crippen molar-refractivity contribution >= 4 is 23.0 Å². The predicted molar refractivity (Wildman–Crippen MR) is 178 cm³/mol. The van der Waals surface area contributed by atoms with E-state index in [4.69, 9.17) is 20.6 Å². The van der Waals surface area contributed by atoms with Gasteiger partial charge in [-0.3, -0.25) is 0 Å². The monoisotopic (exact) mass is 622 g/mol. The van der Waals surface area contributed by atoms with E-state index in [0.29, 0.717) is 23.7 Å². The van der Waals surface area contributed by atoms with E-state index in [9.17, 15) is 0 Å². The van der Waals surface area contributed by atoms with Crippen LogP contribution in [0.2, 0.25) is 0 Å². The van der Waals surface area contributed by atoms with E-state index in [1.54, 1.807) is 0 Å². The molecule has 2 aromatic carbocycles. The molecular weight excluding hydrogens is 568 g/mol. The van der Waals surface area contributed by atoms with Gasteiger partial charge >= 0.3 is 26.2 Å². The van der Waals surface area contributed by atoms with Crippen molar-refractivity contribution in [2.24, 2.45) is 9.98 Å². The van der Waals surface area contributed by atoms with Crippen LogP contribution in [0.25, 0.3) is 10.6 Å². The van der Waals surface area contributed by atoms with Gasteiger partial charge in [0.15, 0.2) is 0 Å². The average Bonchev–Trinajstić information content (AvgIpc) is 2.83. The molecule has 0 amide bonds. The van der Waals surface area contributed by atoms with Gasteiger partial charge in [-0.15, -0.1) is 0 Å². The van der Waals surface area contributed by atoms with Crippen molar-refractivity contribution in [2.75, 3.05) is 13.1 Å². The van der Waals surface area contributed by atoms with Gasteiger partial charge in [0.25, 0.3) is 0 Å². The molecule has 0 aliphatic rings. The molecule has 0 saturated heterocycles. The number of benzene rings is 2. The Kier molecular flexibility index (Phi) is 20.4. The zero-order valence-corrected chi connectivity index (χ0v) is 30.1. The summed E-state index contributed by atoms with van der Waals surface area (Å²) in [7, 11) is 0. The number of para-hydroxylation sites is 2. The smallest absolute Gasteiger partial charge is 0.469 e. The fourth-order valence-electron chi connectivity index (χ4n) is 4.56. The summed E-state index contributed by atoms with van der Waals surface area (Å²) in [5.74, 6) is 3.50. The number of hydrogen-bond donors (Lipinski definition) is 0. The van der Waals surface area contributed by atoms with Crippen LogP contribution in [0.3, 0.4) is 0 Å². The van der Waals surface area contributed by atoms with Crippen molar-refractivity contribution in [1.82, 2.24) is 0 Å². The molecule has 0 aliphatic heterocycles. The second-order valence-corrected chi connectivity index (χ2v) is 11.3. The molecule has 0 aliphatic carbocycles. The first-order valence-corrected chi connectivity index (χ1v) is 14.2. The number of hydrogen-bond acceptors (Lipinski definition) is 2. The molecule has 0 radical (unpaired) electrons. The Labute approximate surface area is 267 Å². The van der Waals surface area contributed by atoms with Crippen LogP contribution in [0.15, 0.2) is 46.4 Å². The molecule has 220 valence electrons. The summed E-state index contributed by atoms with van der Waals surface area (Å²) < 4.78 is 0. The molecular formula is C35H56N4Zr. The zero-order valence-electron chi connectivity index (χ0n) is 27.6. The van der Waals surface area contributed by atoms with Crippen molar-refractivity contribution in [1.29, 1.82) is 0 Å². The van der Waals surface area contributed by atoms with Crippen molar-refractivity contribution < 1.29 is 26.2 Å². The van der Waals surface area contributed by atoms with Gasteiger partial charge in [-0.05, 0) is 71.1 Å². The van der Waals surface area contributed by atoms with Crippen molar-refractivity contribution in [3.05, 3.63) is 84.1 Å². The summed E-state index contributed by atoms with van der Waals surface area (Å²) in [4.78, 5) is 9.91.